The number of piperidine rings is 1. The molecule has 1 aromatic heterocycles. The molecule has 1 fully saturated rings. The van der Waals surface area contributed by atoms with E-state index in [4.69, 9.17) is 0 Å². The average Bonchev–Trinajstić information content (AvgIpc) is 2.29. The average molecular weight is 300 g/mol. The number of halogens is 1. The number of nitrogens with zero attached hydrogens (tertiary/aromatic N) is 3. The highest BCUT2D eigenvalue weighted by Crippen LogP contribution is 2.33. The van der Waals surface area contributed by atoms with E-state index in [2.05, 4.69) is 32.7 Å². The van der Waals surface area contributed by atoms with Crippen molar-refractivity contribution in [2.75, 3.05) is 11.4 Å². The fourth-order valence-corrected chi connectivity index (χ4v) is 2.55. The number of nitro groups is 1. The van der Waals surface area contributed by atoms with Crippen LogP contribution in [0.5, 0.6) is 0 Å². The van der Waals surface area contributed by atoms with E-state index < -0.39 is 4.92 Å². The third-order valence-electron chi connectivity index (χ3n) is 3.10. The summed E-state index contributed by atoms with van der Waals surface area (Å²) in [5.74, 6) is -0.0537. The molecule has 0 aliphatic carbocycles. The van der Waals surface area contributed by atoms with Gasteiger partial charge in [-0.15, -0.1) is 0 Å². The number of pyridine rings is 1. The Bertz CT molecular complexity index is 439. The minimum Gasteiger partial charge on any atom is -0.362 e. The van der Waals surface area contributed by atoms with Gasteiger partial charge in [-0.25, -0.2) is 0 Å². The molecule has 0 saturated carbocycles. The fraction of sp³-hybridized carbons (Fsp3) is 0.545. The van der Waals surface area contributed by atoms with Crippen LogP contribution in [0.4, 0.5) is 11.5 Å². The van der Waals surface area contributed by atoms with Crippen molar-refractivity contribution in [1.29, 1.82) is 0 Å². The Morgan fingerprint density at radius 1 is 1.59 bits per heavy atom. The molecule has 17 heavy (non-hydrogen) atoms. The maximum atomic E-state index is 11.0. The van der Waals surface area contributed by atoms with Gasteiger partial charge in [0.25, 0.3) is 0 Å². The molecule has 1 aliphatic rings. The predicted octanol–water partition coefficient (Wildman–Crippen LogP) is 3.13. The lowest BCUT2D eigenvalue weighted by molar-refractivity contribution is -0.388. The van der Waals surface area contributed by atoms with E-state index in [1.165, 1.54) is 12.6 Å². The maximum absolute atomic E-state index is 11.0. The molecular weight excluding hydrogens is 286 g/mol. The fourth-order valence-electron chi connectivity index (χ4n) is 2.23. The van der Waals surface area contributed by atoms with Gasteiger partial charge in [0, 0.05) is 12.6 Å². The van der Waals surface area contributed by atoms with Crippen molar-refractivity contribution < 1.29 is 4.92 Å². The van der Waals surface area contributed by atoms with Gasteiger partial charge in [0.15, 0.2) is 6.20 Å². The number of hydrogen-bond acceptors (Lipinski definition) is 4. The van der Waals surface area contributed by atoms with Gasteiger partial charge in [-0.2, -0.15) is 0 Å². The van der Waals surface area contributed by atoms with Crippen molar-refractivity contribution >= 4 is 27.4 Å². The Balaban J connectivity index is 2.41. The van der Waals surface area contributed by atoms with Gasteiger partial charge in [-0.3, -0.25) is 0 Å². The molecule has 1 aliphatic heterocycles. The Labute approximate surface area is 108 Å². The SMILES string of the molecule is C[C@H]1CCCCN1c1cc(Br)cnc1[N+](=O)[O-]. The van der Waals surface area contributed by atoms with Crippen LogP contribution < -0.4 is 4.90 Å². The molecule has 6 heteroatoms. The van der Waals surface area contributed by atoms with Crippen LogP contribution in [0.1, 0.15) is 26.2 Å². The first-order valence-electron chi connectivity index (χ1n) is 5.66. The normalized spacial score (nSPS) is 20.4. The summed E-state index contributed by atoms with van der Waals surface area (Å²) in [6, 6.07) is 2.12. The standard InChI is InChI=1S/C11H14BrN3O2/c1-8-4-2-3-5-14(8)10-6-9(12)7-13-11(10)15(16)17/h6-8H,2-5H2,1H3/t8-/m0/s1. The van der Waals surface area contributed by atoms with Gasteiger partial charge < -0.3 is 15.0 Å². The van der Waals surface area contributed by atoms with Crippen molar-refractivity contribution in [3.63, 3.8) is 0 Å². The molecule has 5 nitrogen and oxygen atoms in total. The van der Waals surface area contributed by atoms with Crippen LogP contribution in [0, 0.1) is 10.1 Å². The zero-order valence-electron chi connectivity index (χ0n) is 9.60. The van der Waals surface area contributed by atoms with Gasteiger partial charge in [0.2, 0.25) is 0 Å². The molecule has 0 unspecified atom stereocenters. The molecule has 0 radical (unpaired) electrons. The summed E-state index contributed by atoms with van der Waals surface area (Å²) in [4.78, 5) is 16.6. The van der Waals surface area contributed by atoms with Crippen molar-refractivity contribution in [3.05, 3.63) is 26.9 Å². The summed E-state index contributed by atoms with van der Waals surface area (Å²) in [5.41, 5.74) is 0.622. The van der Waals surface area contributed by atoms with Gasteiger partial charge in [0.05, 0.1) is 4.47 Å². The Hall–Kier alpha value is -1.17. The van der Waals surface area contributed by atoms with Crippen molar-refractivity contribution in [2.24, 2.45) is 0 Å². The first kappa shape index (κ1) is 12.3. The molecular formula is C11H14BrN3O2. The van der Waals surface area contributed by atoms with Crippen LogP contribution >= 0.6 is 15.9 Å². The van der Waals surface area contributed by atoms with E-state index in [0.717, 1.165) is 23.9 Å². The molecule has 2 rings (SSSR count). The molecule has 0 spiro atoms. The number of hydrogen-bond donors (Lipinski definition) is 0. The van der Waals surface area contributed by atoms with E-state index >= 15 is 0 Å². The van der Waals surface area contributed by atoms with Gasteiger partial charge >= 0.3 is 5.82 Å². The smallest absolute Gasteiger partial charge is 0.362 e. The topological polar surface area (TPSA) is 59.3 Å². The van der Waals surface area contributed by atoms with E-state index in [1.54, 1.807) is 6.07 Å². The van der Waals surface area contributed by atoms with Gasteiger partial charge in [0.1, 0.15) is 5.69 Å². The highest BCUT2D eigenvalue weighted by molar-refractivity contribution is 9.10. The zero-order valence-corrected chi connectivity index (χ0v) is 11.2. The number of rotatable bonds is 2. The van der Waals surface area contributed by atoms with Crippen LogP contribution in [0.2, 0.25) is 0 Å². The minimum atomic E-state index is -0.414. The van der Waals surface area contributed by atoms with Gasteiger partial charge in [-0.1, -0.05) is 0 Å². The lowest BCUT2D eigenvalue weighted by Gasteiger charge is -2.34. The summed E-state index contributed by atoms with van der Waals surface area (Å²) in [5, 5.41) is 11.0. The Kier molecular flexibility index (Phi) is 3.61. The lowest BCUT2D eigenvalue weighted by atomic mass is 10.0. The van der Waals surface area contributed by atoms with Crippen molar-refractivity contribution in [3.8, 4) is 0 Å². The van der Waals surface area contributed by atoms with Crippen LogP contribution in [0.3, 0.4) is 0 Å². The second kappa shape index (κ2) is 5.00. The largest absolute Gasteiger partial charge is 0.387 e. The summed E-state index contributed by atoms with van der Waals surface area (Å²) < 4.78 is 0.774. The van der Waals surface area contributed by atoms with E-state index in [-0.39, 0.29) is 5.82 Å². The second-order valence-corrected chi connectivity index (χ2v) is 5.21. The highest BCUT2D eigenvalue weighted by atomic mass is 79.9. The summed E-state index contributed by atoms with van der Waals surface area (Å²) >= 11 is 3.32. The Morgan fingerprint density at radius 3 is 3.00 bits per heavy atom. The third kappa shape index (κ3) is 2.57. The Morgan fingerprint density at radius 2 is 2.35 bits per heavy atom. The quantitative estimate of drug-likeness (QED) is 0.622. The lowest BCUT2D eigenvalue weighted by Crippen LogP contribution is -2.37. The minimum absolute atomic E-state index is 0.0537. The predicted molar refractivity (Wildman–Crippen MR) is 69.3 cm³/mol. The molecule has 1 atom stereocenters. The number of anilines is 1. The zero-order chi connectivity index (χ0) is 12.4. The molecule has 0 N–H and O–H groups in total. The molecule has 0 amide bonds. The number of aromatic nitrogens is 1. The van der Waals surface area contributed by atoms with Crippen LogP contribution in [-0.2, 0) is 0 Å². The van der Waals surface area contributed by atoms with E-state index in [0.29, 0.717) is 11.7 Å². The molecule has 1 saturated heterocycles. The van der Waals surface area contributed by atoms with E-state index in [1.807, 2.05) is 0 Å². The van der Waals surface area contributed by atoms with Crippen molar-refractivity contribution in [1.82, 2.24) is 4.98 Å². The monoisotopic (exact) mass is 299 g/mol. The highest BCUT2D eigenvalue weighted by Gasteiger charge is 2.26. The summed E-state index contributed by atoms with van der Waals surface area (Å²) in [6.45, 7) is 2.96. The molecule has 1 aromatic rings. The first-order chi connectivity index (χ1) is 8.09. The molecule has 2 heterocycles. The molecule has 0 aromatic carbocycles. The molecule has 0 bridgehead atoms. The second-order valence-electron chi connectivity index (χ2n) is 4.29. The summed E-state index contributed by atoms with van der Waals surface area (Å²) in [7, 11) is 0. The maximum Gasteiger partial charge on any atom is 0.387 e. The van der Waals surface area contributed by atoms with E-state index in [9.17, 15) is 10.1 Å². The van der Waals surface area contributed by atoms with Crippen molar-refractivity contribution in [2.45, 2.75) is 32.2 Å². The van der Waals surface area contributed by atoms with Crippen LogP contribution in [-0.4, -0.2) is 22.5 Å². The molecule has 92 valence electrons. The first-order valence-corrected chi connectivity index (χ1v) is 6.45. The third-order valence-corrected chi connectivity index (χ3v) is 3.53. The van der Waals surface area contributed by atoms with Gasteiger partial charge in [-0.05, 0) is 58.1 Å². The van der Waals surface area contributed by atoms with Crippen LogP contribution in [0.25, 0.3) is 0 Å². The van der Waals surface area contributed by atoms with Crippen LogP contribution in [0.15, 0.2) is 16.7 Å². The summed E-state index contributed by atoms with van der Waals surface area (Å²) in [6.07, 6.45) is 4.81.